The van der Waals surface area contributed by atoms with Gasteiger partial charge in [-0.1, -0.05) is 23.2 Å². The molecule has 0 aliphatic carbocycles. The molecule has 2 aromatic carbocycles. The van der Waals surface area contributed by atoms with Gasteiger partial charge in [-0.05, 0) is 30.3 Å². The van der Waals surface area contributed by atoms with Crippen LogP contribution in [0.25, 0.3) is 11.1 Å². The van der Waals surface area contributed by atoms with Gasteiger partial charge in [-0.15, -0.1) is 0 Å². The fourth-order valence-electron chi connectivity index (χ4n) is 1.62. The zero-order chi connectivity index (χ0) is 14.2. The van der Waals surface area contributed by atoms with Gasteiger partial charge in [0.2, 0.25) is 0 Å². The van der Waals surface area contributed by atoms with Crippen LogP contribution in [0.4, 0.5) is 8.78 Å². The number of hydrogen-bond donors (Lipinski definition) is 1. The van der Waals surface area contributed by atoms with Gasteiger partial charge >= 0.3 is 5.97 Å². The maximum atomic E-state index is 13.6. The van der Waals surface area contributed by atoms with Gasteiger partial charge < -0.3 is 5.11 Å². The second-order valence-electron chi connectivity index (χ2n) is 3.74. The van der Waals surface area contributed by atoms with Crippen LogP contribution in [0.2, 0.25) is 10.0 Å². The Labute approximate surface area is 117 Å². The van der Waals surface area contributed by atoms with Crippen molar-refractivity contribution in [3.63, 3.8) is 0 Å². The molecule has 2 aromatic rings. The Morgan fingerprint density at radius 1 is 1.00 bits per heavy atom. The molecule has 98 valence electrons. The fourth-order valence-corrected chi connectivity index (χ4v) is 2.11. The molecule has 0 atom stereocenters. The van der Waals surface area contributed by atoms with E-state index in [9.17, 15) is 13.6 Å². The Morgan fingerprint density at radius 3 is 2.26 bits per heavy atom. The normalized spacial score (nSPS) is 10.5. The molecule has 0 fully saturated rings. The zero-order valence-electron chi connectivity index (χ0n) is 9.25. The van der Waals surface area contributed by atoms with Gasteiger partial charge in [0.15, 0.2) is 0 Å². The second-order valence-corrected chi connectivity index (χ2v) is 4.56. The molecule has 0 aromatic heterocycles. The SMILES string of the molecule is O=C(O)c1cc(Cl)c(-c2cc(F)ccc2Cl)cc1F. The number of benzene rings is 2. The van der Waals surface area contributed by atoms with Crippen LogP contribution in [-0.4, -0.2) is 11.1 Å². The van der Waals surface area contributed by atoms with Crippen molar-refractivity contribution in [1.82, 2.24) is 0 Å². The number of carboxylic acid groups (broad SMARTS) is 1. The summed E-state index contributed by atoms with van der Waals surface area (Å²) in [5.41, 5.74) is -0.225. The highest BCUT2D eigenvalue weighted by Crippen LogP contribution is 2.35. The largest absolute Gasteiger partial charge is 0.478 e. The van der Waals surface area contributed by atoms with E-state index >= 15 is 0 Å². The number of hydrogen-bond acceptors (Lipinski definition) is 1. The summed E-state index contributed by atoms with van der Waals surface area (Å²) >= 11 is 11.8. The molecule has 0 unspecified atom stereocenters. The zero-order valence-corrected chi connectivity index (χ0v) is 10.8. The second kappa shape index (κ2) is 5.15. The minimum Gasteiger partial charge on any atom is -0.478 e. The summed E-state index contributed by atoms with van der Waals surface area (Å²) in [5.74, 6) is -2.96. The molecule has 0 aliphatic rings. The van der Waals surface area contributed by atoms with Crippen molar-refractivity contribution in [2.24, 2.45) is 0 Å². The molecule has 6 heteroatoms. The van der Waals surface area contributed by atoms with E-state index in [4.69, 9.17) is 28.3 Å². The van der Waals surface area contributed by atoms with Crippen molar-refractivity contribution in [2.45, 2.75) is 0 Å². The first-order valence-corrected chi connectivity index (χ1v) is 5.83. The number of carboxylic acids is 1. The summed E-state index contributed by atoms with van der Waals surface area (Å²) in [5, 5.41) is 8.93. The molecule has 0 heterocycles. The van der Waals surface area contributed by atoms with Crippen LogP contribution >= 0.6 is 23.2 Å². The van der Waals surface area contributed by atoms with Gasteiger partial charge in [0.1, 0.15) is 11.6 Å². The molecule has 0 saturated carbocycles. The first-order valence-electron chi connectivity index (χ1n) is 5.08. The quantitative estimate of drug-likeness (QED) is 0.877. The van der Waals surface area contributed by atoms with Crippen LogP contribution in [0.5, 0.6) is 0 Å². The molecule has 0 radical (unpaired) electrons. The Balaban J connectivity index is 2.67. The van der Waals surface area contributed by atoms with E-state index in [2.05, 4.69) is 0 Å². The average molecular weight is 303 g/mol. The van der Waals surface area contributed by atoms with Crippen molar-refractivity contribution in [3.05, 3.63) is 57.6 Å². The van der Waals surface area contributed by atoms with Gasteiger partial charge in [-0.25, -0.2) is 13.6 Å². The van der Waals surface area contributed by atoms with E-state index in [0.29, 0.717) is 0 Å². The predicted molar refractivity (Wildman–Crippen MR) is 68.8 cm³/mol. The molecule has 0 amide bonds. The smallest absolute Gasteiger partial charge is 0.338 e. The lowest BCUT2D eigenvalue weighted by molar-refractivity contribution is 0.0692. The molecule has 0 aliphatic heterocycles. The monoisotopic (exact) mass is 302 g/mol. The van der Waals surface area contributed by atoms with Gasteiger partial charge in [0.05, 0.1) is 5.56 Å². The van der Waals surface area contributed by atoms with Crippen LogP contribution in [0.1, 0.15) is 10.4 Å². The van der Waals surface area contributed by atoms with Gasteiger partial charge in [-0.3, -0.25) is 0 Å². The Bertz CT molecular complexity index is 672. The van der Waals surface area contributed by atoms with Crippen LogP contribution in [-0.2, 0) is 0 Å². The van der Waals surface area contributed by atoms with Gasteiger partial charge in [0, 0.05) is 21.2 Å². The summed E-state index contributed by atoms with van der Waals surface area (Å²) in [6.07, 6.45) is 0. The van der Waals surface area contributed by atoms with Gasteiger partial charge in [0.25, 0.3) is 0 Å². The number of carbonyl (C=O) groups is 1. The number of rotatable bonds is 2. The first-order chi connectivity index (χ1) is 8.90. The fraction of sp³-hybridized carbons (Fsp3) is 0. The molecule has 19 heavy (non-hydrogen) atoms. The maximum Gasteiger partial charge on any atom is 0.338 e. The van der Waals surface area contributed by atoms with Crippen molar-refractivity contribution in [1.29, 1.82) is 0 Å². The third kappa shape index (κ3) is 2.69. The first kappa shape index (κ1) is 13.8. The molecule has 0 spiro atoms. The molecule has 1 N–H and O–H groups in total. The minimum absolute atomic E-state index is 0.0219. The number of aromatic carboxylic acids is 1. The van der Waals surface area contributed by atoms with Crippen molar-refractivity contribution >= 4 is 29.2 Å². The average Bonchev–Trinajstić information content (AvgIpc) is 2.34. The van der Waals surface area contributed by atoms with Crippen molar-refractivity contribution in [3.8, 4) is 11.1 Å². The summed E-state index contributed by atoms with van der Waals surface area (Å²) < 4.78 is 26.8. The van der Waals surface area contributed by atoms with Crippen LogP contribution < -0.4 is 0 Å². The van der Waals surface area contributed by atoms with E-state index < -0.39 is 23.2 Å². The Hall–Kier alpha value is -1.65. The predicted octanol–water partition coefficient (Wildman–Crippen LogP) is 4.64. The third-order valence-electron chi connectivity index (χ3n) is 2.51. The standard InChI is InChI=1S/C13H6Cl2F2O2/c14-10-2-1-6(16)3-7(10)8-5-12(17)9(13(18)19)4-11(8)15/h1-5H,(H,18,19). The molecular formula is C13H6Cl2F2O2. The highest BCUT2D eigenvalue weighted by Gasteiger charge is 2.17. The summed E-state index contributed by atoms with van der Waals surface area (Å²) in [4.78, 5) is 10.8. The molecular weight excluding hydrogens is 297 g/mol. The topological polar surface area (TPSA) is 37.3 Å². The van der Waals surface area contributed by atoms with Gasteiger partial charge in [-0.2, -0.15) is 0 Å². The molecule has 2 rings (SSSR count). The Kier molecular flexibility index (Phi) is 3.73. The van der Waals surface area contributed by atoms with Crippen LogP contribution in [0.3, 0.4) is 0 Å². The van der Waals surface area contributed by atoms with Crippen LogP contribution in [0, 0.1) is 11.6 Å². The molecule has 0 bridgehead atoms. The highest BCUT2D eigenvalue weighted by atomic mass is 35.5. The maximum absolute atomic E-state index is 13.6. The lowest BCUT2D eigenvalue weighted by atomic mass is 10.0. The minimum atomic E-state index is -1.43. The van der Waals surface area contributed by atoms with E-state index in [-0.39, 0.29) is 21.2 Å². The highest BCUT2D eigenvalue weighted by molar-refractivity contribution is 6.36. The summed E-state index contributed by atoms with van der Waals surface area (Å²) in [6, 6.07) is 5.46. The summed E-state index contributed by atoms with van der Waals surface area (Å²) in [7, 11) is 0. The third-order valence-corrected chi connectivity index (χ3v) is 3.15. The van der Waals surface area contributed by atoms with E-state index in [1.807, 2.05) is 0 Å². The molecule has 2 nitrogen and oxygen atoms in total. The molecule has 0 saturated heterocycles. The van der Waals surface area contributed by atoms with Crippen molar-refractivity contribution < 1.29 is 18.7 Å². The number of halogens is 4. The Morgan fingerprint density at radius 2 is 1.63 bits per heavy atom. The van der Waals surface area contributed by atoms with Crippen LogP contribution in [0.15, 0.2) is 30.3 Å². The van der Waals surface area contributed by atoms with E-state index in [0.717, 1.165) is 24.3 Å². The van der Waals surface area contributed by atoms with Crippen molar-refractivity contribution in [2.75, 3.05) is 0 Å². The van der Waals surface area contributed by atoms with E-state index in [1.54, 1.807) is 0 Å². The lowest BCUT2D eigenvalue weighted by Gasteiger charge is -2.09. The lowest BCUT2D eigenvalue weighted by Crippen LogP contribution is -2.01. The summed E-state index contributed by atoms with van der Waals surface area (Å²) in [6.45, 7) is 0. The van der Waals surface area contributed by atoms with E-state index in [1.165, 1.54) is 6.07 Å².